The van der Waals surface area contributed by atoms with Crippen LogP contribution in [-0.2, 0) is 19.4 Å². The molecule has 1 aromatic carbocycles. The second kappa shape index (κ2) is 5.62. The van der Waals surface area contributed by atoms with Crippen molar-refractivity contribution < 1.29 is 5.11 Å². The maximum absolute atomic E-state index is 9.57. The summed E-state index contributed by atoms with van der Waals surface area (Å²) in [5.41, 5.74) is 3.60. The van der Waals surface area contributed by atoms with Gasteiger partial charge in [0.15, 0.2) is 0 Å². The van der Waals surface area contributed by atoms with E-state index in [1.165, 1.54) is 23.4 Å². The van der Waals surface area contributed by atoms with Gasteiger partial charge in [0.1, 0.15) is 11.4 Å². The van der Waals surface area contributed by atoms with E-state index >= 15 is 0 Å². The van der Waals surface area contributed by atoms with Gasteiger partial charge < -0.3 is 5.11 Å². The minimum atomic E-state index is -0.130. The van der Waals surface area contributed by atoms with E-state index in [1.807, 2.05) is 30.3 Å². The predicted octanol–water partition coefficient (Wildman–Crippen LogP) is 2.76. The fourth-order valence-electron chi connectivity index (χ4n) is 2.87. The highest BCUT2D eigenvalue weighted by atomic mass is 32.1. The second-order valence-electron chi connectivity index (χ2n) is 5.39. The van der Waals surface area contributed by atoms with Crippen LogP contribution in [0.3, 0.4) is 0 Å². The summed E-state index contributed by atoms with van der Waals surface area (Å²) in [6.45, 7) is -0.130. The van der Waals surface area contributed by atoms with Crippen molar-refractivity contribution in [1.82, 2.24) is 20.0 Å². The Morgan fingerprint density at radius 3 is 2.73 bits per heavy atom. The van der Waals surface area contributed by atoms with Crippen molar-refractivity contribution in [2.45, 2.75) is 32.3 Å². The number of hydrogen-bond acceptors (Lipinski definition) is 5. The molecular formula is C16H16N4OS. The lowest BCUT2D eigenvalue weighted by Gasteiger charge is -2.06. The van der Waals surface area contributed by atoms with Crippen LogP contribution in [0.15, 0.2) is 30.3 Å². The number of fused-ring (bicyclic) bond motifs is 1. The molecule has 3 aromatic rings. The molecule has 0 spiro atoms. The van der Waals surface area contributed by atoms with Crippen molar-refractivity contribution in [2.24, 2.45) is 0 Å². The molecule has 112 valence electrons. The Bertz CT molecular complexity index is 770. The van der Waals surface area contributed by atoms with E-state index in [-0.39, 0.29) is 6.61 Å². The smallest absolute Gasteiger partial charge is 0.212 e. The van der Waals surface area contributed by atoms with E-state index in [1.54, 1.807) is 16.0 Å². The third-order valence-electron chi connectivity index (χ3n) is 3.95. The Balaban J connectivity index is 1.85. The summed E-state index contributed by atoms with van der Waals surface area (Å²) in [6.07, 6.45) is 4.60. The fraction of sp³-hybridized carbons (Fsp3) is 0.312. The molecule has 2 aromatic heterocycles. The van der Waals surface area contributed by atoms with Gasteiger partial charge in [0.25, 0.3) is 0 Å². The zero-order valence-electron chi connectivity index (χ0n) is 12.1. The van der Waals surface area contributed by atoms with E-state index in [0.717, 1.165) is 29.2 Å². The van der Waals surface area contributed by atoms with Crippen molar-refractivity contribution in [3.63, 3.8) is 0 Å². The van der Waals surface area contributed by atoms with Gasteiger partial charge in [-0.15, -0.1) is 5.10 Å². The summed E-state index contributed by atoms with van der Waals surface area (Å²) in [5, 5.41) is 18.8. The Labute approximate surface area is 132 Å². The standard InChI is InChI=1S/C16H16N4OS/c21-10-13-15(11-6-2-1-3-7-11)20(19-18-13)16-17-12-8-4-5-9-14(12)22-16/h1-3,6-7,21H,4-5,8-10H2. The Hall–Kier alpha value is -2.05. The van der Waals surface area contributed by atoms with Crippen LogP contribution in [0.2, 0.25) is 0 Å². The number of nitrogens with zero attached hydrogens (tertiary/aromatic N) is 4. The van der Waals surface area contributed by atoms with Crippen LogP contribution >= 0.6 is 11.3 Å². The molecule has 1 aliphatic rings. The Morgan fingerprint density at radius 1 is 1.14 bits per heavy atom. The predicted molar refractivity (Wildman–Crippen MR) is 85.0 cm³/mol. The minimum absolute atomic E-state index is 0.130. The van der Waals surface area contributed by atoms with E-state index in [4.69, 9.17) is 4.98 Å². The summed E-state index contributed by atoms with van der Waals surface area (Å²) >= 11 is 1.69. The molecule has 0 saturated carbocycles. The van der Waals surface area contributed by atoms with Crippen molar-refractivity contribution >= 4 is 11.3 Å². The maximum atomic E-state index is 9.57. The van der Waals surface area contributed by atoms with Crippen molar-refractivity contribution in [3.8, 4) is 16.4 Å². The number of aromatic nitrogens is 4. The molecule has 0 unspecified atom stereocenters. The second-order valence-corrected chi connectivity index (χ2v) is 6.46. The molecule has 0 atom stereocenters. The summed E-state index contributed by atoms with van der Waals surface area (Å²) < 4.78 is 1.77. The van der Waals surface area contributed by atoms with Gasteiger partial charge in [-0.3, -0.25) is 0 Å². The number of benzene rings is 1. The first-order valence-corrected chi connectivity index (χ1v) is 8.28. The van der Waals surface area contributed by atoms with Crippen LogP contribution in [0.1, 0.15) is 29.1 Å². The molecule has 0 bridgehead atoms. The van der Waals surface area contributed by atoms with Gasteiger partial charge >= 0.3 is 0 Å². The van der Waals surface area contributed by atoms with E-state index in [0.29, 0.717) is 5.69 Å². The molecule has 5 nitrogen and oxygen atoms in total. The van der Waals surface area contributed by atoms with Crippen molar-refractivity contribution in [1.29, 1.82) is 0 Å². The van der Waals surface area contributed by atoms with Gasteiger partial charge in [0.05, 0.1) is 12.3 Å². The molecular weight excluding hydrogens is 296 g/mol. The summed E-state index contributed by atoms with van der Waals surface area (Å²) in [4.78, 5) is 6.11. The van der Waals surface area contributed by atoms with Crippen LogP contribution in [0.5, 0.6) is 0 Å². The van der Waals surface area contributed by atoms with Gasteiger partial charge in [-0.25, -0.2) is 4.98 Å². The van der Waals surface area contributed by atoms with Gasteiger partial charge in [-0.05, 0) is 25.7 Å². The molecule has 0 aliphatic heterocycles. The molecule has 0 amide bonds. The average molecular weight is 312 g/mol. The van der Waals surface area contributed by atoms with Gasteiger partial charge in [-0.2, -0.15) is 4.68 Å². The average Bonchev–Trinajstić information content (AvgIpc) is 3.18. The SMILES string of the molecule is OCc1nnn(-c2nc3c(s2)CCCC3)c1-c1ccccc1. The topological polar surface area (TPSA) is 63.8 Å². The van der Waals surface area contributed by atoms with Crippen LogP contribution in [0.4, 0.5) is 0 Å². The number of aryl methyl sites for hydroxylation is 2. The highest BCUT2D eigenvalue weighted by molar-refractivity contribution is 7.14. The molecule has 22 heavy (non-hydrogen) atoms. The van der Waals surface area contributed by atoms with E-state index < -0.39 is 0 Å². The number of aliphatic hydroxyl groups is 1. The van der Waals surface area contributed by atoms with Crippen molar-refractivity contribution in [2.75, 3.05) is 0 Å². The molecule has 2 heterocycles. The molecule has 0 radical (unpaired) electrons. The number of hydrogen-bond donors (Lipinski definition) is 1. The zero-order valence-corrected chi connectivity index (χ0v) is 12.9. The van der Waals surface area contributed by atoms with Crippen LogP contribution in [0, 0.1) is 0 Å². The lowest BCUT2D eigenvalue weighted by molar-refractivity contribution is 0.277. The molecule has 6 heteroatoms. The molecule has 0 saturated heterocycles. The zero-order chi connectivity index (χ0) is 14.9. The Morgan fingerprint density at radius 2 is 1.95 bits per heavy atom. The lowest BCUT2D eigenvalue weighted by Crippen LogP contribution is -2.01. The van der Waals surface area contributed by atoms with Crippen molar-refractivity contribution in [3.05, 3.63) is 46.6 Å². The normalized spacial score (nSPS) is 14.0. The lowest BCUT2D eigenvalue weighted by atomic mass is 10.0. The molecule has 1 N–H and O–H groups in total. The molecule has 4 rings (SSSR count). The number of rotatable bonds is 3. The molecule has 0 fully saturated rings. The van der Waals surface area contributed by atoms with Gasteiger partial charge in [0, 0.05) is 10.4 Å². The quantitative estimate of drug-likeness (QED) is 0.807. The third-order valence-corrected chi connectivity index (χ3v) is 5.09. The maximum Gasteiger partial charge on any atom is 0.212 e. The van der Waals surface area contributed by atoms with Crippen LogP contribution < -0.4 is 0 Å². The first kappa shape index (κ1) is 13.6. The highest BCUT2D eigenvalue weighted by Crippen LogP contribution is 2.31. The van der Waals surface area contributed by atoms with E-state index in [9.17, 15) is 5.11 Å². The summed E-state index contributed by atoms with van der Waals surface area (Å²) in [6, 6.07) is 9.92. The minimum Gasteiger partial charge on any atom is -0.390 e. The number of thiazole rings is 1. The summed E-state index contributed by atoms with van der Waals surface area (Å²) in [7, 11) is 0. The largest absolute Gasteiger partial charge is 0.390 e. The monoisotopic (exact) mass is 312 g/mol. The summed E-state index contributed by atoms with van der Waals surface area (Å²) in [5.74, 6) is 0. The van der Waals surface area contributed by atoms with Gasteiger partial charge in [-0.1, -0.05) is 46.9 Å². The first-order chi connectivity index (χ1) is 10.9. The fourth-order valence-corrected chi connectivity index (χ4v) is 3.97. The molecule has 1 aliphatic carbocycles. The number of aliphatic hydroxyl groups excluding tert-OH is 1. The van der Waals surface area contributed by atoms with Gasteiger partial charge in [0.2, 0.25) is 5.13 Å². The Kier molecular flexibility index (Phi) is 3.48. The highest BCUT2D eigenvalue weighted by Gasteiger charge is 2.21. The van der Waals surface area contributed by atoms with E-state index in [2.05, 4.69) is 10.3 Å². The van der Waals surface area contributed by atoms with Crippen LogP contribution in [0.25, 0.3) is 16.4 Å². The van der Waals surface area contributed by atoms with Crippen LogP contribution in [-0.4, -0.2) is 25.1 Å². The third kappa shape index (κ3) is 2.24. The first-order valence-electron chi connectivity index (χ1n) is 7.46.